The number of aromatic amines is 1. The quantitative estimate of drug-likeness (QED) is 0.236. The number of H-pyrrole nitrogens is 1. The van der Waals surface area contributed by atoms with Gasteiger partial charge in [-0.2, -0.15) is 13.8 Å². The van der Waals surface area contributed by atoms with Gasteiger partial charge in [-0.15, -0.1) is 0 Å². The van der Waals surface area contributed by atoms with Crippen LogP contribution in [0.1, 0.15) is 31.9 Å². The highest BCUT2D eigenvalue weighted by atomic mass is 79.9. The van der Waals surface area contributed by atoms with E-state index in [4.69, 9.17) is 21.3 Å². The van der Waals surface area contributed by atoms with E-state index in [2.05, 4.69) is 41.1 Å². The smallest absolute Gasteiger partial charge is 0.351 e. The van der Waals surface area contributed by atoms with Crippen LogP contribution in [0.3, 0.4) is 0 Å². The maximum atomic E-state index is 13.7. The number of nitrogens with one attached hydrogen (secondary N) is 2. The molecule has 3 aromatic rings. The number of nitrogen functional groups attached to an aromatic ring is 1. The molecule has 3 aromatic heterocycles. The highest BCUT2D eigenvalue weighted by molar-refractivity contribution is 9.10. The van der Waals surface area contributed by atoms with Crippen molar-refractivity contribution in [3.8, 4) is 0 Å². The van der Waals surface area contributed by atoms with Gasteiger partial charge in [0, 0.05) is 43.6 Å². The van der Waals surface area contributed by atoms with Gasteiger partial charge in [-0.1, -0.05) is 0 Å². The molecule has 1 saturated carbocycles. The van der Waals surface area contributed by atoms with Crippen molar-refractivity contribution in [1.29, 1.82) is 0 Å². The number of hydrogen-bond acceptors (Lipinski definition) is 10. The van der Waals surface area contributed by atoms with Crippen molar-refractivity contribution in [3.63, 3.8) is 0 Å². The number of carbonyl (C=O) groups is 1. The molecule has 6 rings (SSSR count). The summed E-state index contributed by atoms with van der Waals surface area (Å²) in [6, 6.07) is 1.33. The minimum atomic E-state index is -3.71. The molecule has 0 unspecified atom stereocenters. The van der Waals surface area contributed by atoms with E-state index < -0.39 is 36.7 Å². The first-order valence-electron chi connectivity index (χ1n) is 13.1. The molecule has 41 heavy (non-hydrogen) atoms. The number of nitrogens with two attached hydrogens (primary N) is 2. The minimum Gasteiger partial charge on any atom is -0.394 e. The molecule has 2 saturated heterocycles. The Bertz CT molecular complexity index is 1480. The molecular formula is C25H31BrF2N8O5. The third-order valence-electron chi connectivity index (χ3n) is 7.27. The van der Waals surface area contributed by atoms with Crippen LogP contribution in [0.2, 0.25) is 0 Å². The monoisotopic (exact) mass is 640 g/mol. The molecule has 5 heterocycles. The lowest BCUT2D eigenvalue weighted by Crippen LogP contribution is -2.43. The standard InChI is InChI=1S/C16H20BrN5O.C9H11F2N3O4/c17-11-6-19-15-13(14(11)22-5-1-2-10(18)8-22)12(7-20-15)21-16(23)9-3-4-9;10-9(11)6(16)4(3-15)18-7(9)14-2-1-5(12)13-8(14)17/h6-7,9-10H,1-5,8,18H2,(H,19,20)(H,21,23);1-2,4,6-7,15-16H,3H2,(H2,12,13,17)/t10-;4-,6-,7-/m11/s1. The number of ether oxygens (including phenoxy) is 1. The summed E-state index contributed by atoms with van der Waals surface area (Å²) >= 11 is 3.63. The summed E-state index contributed by atoms with van der Waals surface area (Å²) < 4.78 is 33.6. The molecule has 4 atom stereocenters. The molecule has 0 bridgehead atoms. The zero-order valence-electron chi connectivity index (χ0n) is 21.8. The molecular weight excluding hydrogens is 610 g/mol. The largest absolute Gasteiger partial charge is 0.394 e. The zero-order valence-corrected chi connectivity index (χ0v) is 23.4. The van der Waals surface area contributed by atoms with Crippen LogP contribution in [0.5, 0.6) is 0 Å². The number of piperidine rings is 1. The average molecular weight is 641 g/mol. The van der Waals surface area contributed by atoms with E-state index in [1.54, 1.807) is 6.20 Å². The summed E-state index contributed by atoms with van der Waals surface area (Å²) in [6.07, 6.45) is 3.06. The number of amides is 1. The molecule has 1 aliphatic carbocycles. The van der Waals surface area contributed by atoms with Gasteiger partial charge in [-0.3, -0.25) is 9.36 Å². The maximum absolute atomic E-state index is 13.7. The molecule has 2 aliphatic heterocycles. The SMILES string of the molecule is N[C@@H]1CCCN(c2c(Br)cnc3[nH]cc(NC(=O)C4CC4)c23)C1.Nc1ccn([C@@H]2O[C@H](CO)[C@@H](O)C2(F)F)c(=O)n1. The second-order valence-electron chi connectivity index (χ2n) is 10.4. The predicted molar refractivity (Wildman–Crippen MR) is 149 cm³/mol. The maximum Gasteiger partial charge on any atom is 0.351 e. The molecule has 0 aromatic carbocycles. The fraction of sp³-hybridized carbons (Fsp3) is 0.520. The van der Waals surface area contributed by atoms with Crippen molar-refractivity contribution in [2.75, 3.05) is 35.6 Å². The number of aromatic nitrogens is 4. The molecule has 222 valence electrons. The van der Waals surface area contributed by atoms with Gasteiger partial charge in [0.25, 0.3) is 0 Å². The first-order valence-corrected chi connectivity index (χ1v) is 13.9. The number of hydrogen-bond donors (Lipinski definition) is 6. The van der Waals surface area contributed by atoms with Crippen LogP contribution in [0.25, 0.3) is 11.0 Å². The van der Waals surface area contributed by atoms with Gasteiger partial charge in [0.15, 0.2) is 6.10 Å². The fourth-order valence-electron chi connectivity index (χ4n) is 4.98. The zero-order chi connectivity index (χ0) is 29.5. The van der Waals surface area contributed by atoms with Crippen LogP contribution in [-0.2, 0) is 9.53 Å². The van der Waals surface area contributed by atoms with Gasteiger partial charge in [0.2, 0.25) is 12.1 Å². The second-order valence-corrected chi connectivity index (χ2v) is 11.2. The molecule has 3 fully saturated rings. The first kappa shape index (κ1) is 29.3. The number of alkyl halides is 2. The van der Waals surface area contributed by atoms with Crippen molar-refractivity contribution in [2.24, 2.45) is 11.7 Å². The number of fused-ring (bicyclic) bond motifs is 1. The number of halogens is 3. The van der Waals surface area contributed by atoms with Crippen molar-refractivity contribution in [3.05, 3.63) is 39.6 Å². The van der Waals surface area contributed by atoms with E-state index in [-0.39, 0.29) is 23.7 Å². The van der Waals surface area contributed by atoms with Crippen molar-refractivity contribution >= 4 is 50.1 Å². The summed E-state index contributed by atoms with van der Waals surface area (Å²) in [6.45, 7) is 0.996. The van der Waals surface area contributed by atoms with Crippen molar-refractivity contribution in [2.45, 2.75) is 56.1 Å². The molecule has 8 N–H and O–H groups in total. The lowest BCUT2D eigenvalue weighted by atomic mass is 10.1. The van der Waals surface area contributed by atoms with Gasteiger partial charge < -0.3 is 41.6 Å². The lowest BCUT2D eigenvalue weighted by molar-refractivity contribution is -0.140. The number of pyridine rings is 1. The molecule has 0 spiro atoms. The average Bonchev–Trinajstić information content (AvgIpc) is 3.67. The van der Waals surface area contributed by atoms with Gasteiger partial charge in [-0.25, -0.2) is 9.78 Å². The Hall–Kier alpha value is -3.18. The Morgan fingerprint density at radius 3 is 2.73 bits per heavy atom. The lowest BCUT2D eigenvalue weighted by Gasteiger charge is -2.33. The summed E-state index contributed by atoms with van der Waals surface area (Å²) in [5.41, 5.74) is 13.0. The Kier molecular flexibility index (Phi) is 8.29. The molecule has 16 heteroatoms. The van der Waals surface area contributed by atoms with E-state index in [1.165, 1.54) is 0 Å². The summed E-state index contributed by atoms with van der Waals surface area (Å²) in [7, 11) is 0. The number of aliphatic hydroxyl groups excluding tert-OH is 2. The van der Waals surface area contributed by atoms with Crippen LogP contribution < -0.4 is 27.4 Å². The van der Waals surface area contributed by atoms with Gasteiger partial charge in [0.05, 0.1) is 27.8 Å². The van der Waals surface area contributed by atoms with E-state index >= 15 is 0 Å². The van der Waals surface area contributed by atoms with E-state index in [1.807, 2.05) is 6.20 Å². The van der Waals surface area contributed by atoms with E-state index in [0.717, 1.165) is 77.9 Å². The van der Waals surface area contributed by atoms with Gasteiger partial charge in [-0.05, 0) is 47.7 Å². The summed E-state index contributed by atoms with van der Waals surface area (Å²) in [5.74, 6) is -3.55. The van der Waals surface area contributed by atoms with Crippen LogP contribution in [0, 0.1) is 5.92 Å². The van der Waals surface area contributed by atoms with E-state index in [9.17, 15) is 23.5 Å². The summed E-state index contributed by atoms with van der Waals surface area (Å²) in [4.78, 5) is 36.8. The molecule has 1 amide bonds. The fourth-order valence-corrected chi connectivity index (χ4v) is 5.53. The number of carbonyl (C=O) groups excluding carboxylic acids is 1. The Morgan fingerprint density at radius 2 is 2.10 bits per heavy atom. The minimum absolute atomic E-state index is 0.104. The highest BCUT2D eigenvalue weighted by Gasteiger charge is 2.59. The third-order valence-corrected chi connectivity index (χ3v) is 7.85. The molecule has 0 radical (unpaired) electrons. The van der Waals surface area contributed by atoms with Crippen LogP contribution in [-0.4, -0.2) is 79.5 Å². The number of rotatable bonds is 5. The Morgan fingerprint density at radius 1 is 1.34 bits per heavy atom. The van der Waals surface area contributed by atoms with Gasteiger partial charge >= 0.3 is 11.6 Å². The van der Waals surface area contributed by atoms with Crippen LogP contribution in [0.4, 0.5) is 26.0 Å². The number of aliphatic hydroxyl groups is 2. The topological polar surface area (TPSA) is 198 Å². The molecule has 13 nitrogen and oxygen atoms in total. The van der Waals surface area contributed by atoms with Crippen LogP contribution in [0.15, 0.2) is 33.9 Å². The van der Waals surface area contributed by atoms with Gasteiger partial charge in [0.1, 0.15) is 17.6 Å². The van der Waals surface area contributed by atoms with Crippen molar-refractivity contribution < 1.29 is 28.5 Å². The number of nitrogens with zero attached hydrogens (tertiary/aromatic N) is 4. The van der Waals surface area contributed by atoms with Crippen LogP contribution >= 0.6 is 15.9 Å². The first-order chi connectivity index (χ1) is 19.5. The Balaban J connectivity index is 0.000000170. The second kappa shape index (κ2) is 11.6. The normalized spacial score (nSPS) is 25.6. The van der Waals surface area contributed by atoms with E-state index in [0.29, 0.717) is 4.57 Å². The highest BCUT2D eigenvalue weighted by Crippen LogP contribution is 2.42. The molecule has 3 aliphatic rings. The number of anilines is 3. The van der Waals surface area contributed by atoms with Crippen molar-refractivity contribution in [1.82, 2.24) is 19.5 Å². The summed E-state index contributed by atoms with van der Waals surface area (Å²) in [5, 5.41) is 22.1. The third kappa shape index (κ3) is 5.92. The Labute approximate surface area is 241 Å². The predicted octanol–water partition coefficient (Wildman–Crippen LogP) is 1.31.